The number of likely N-dealkylation sites (tertiary alicyclic amines) is 1. The monoisotopic (exact) mass is 540 g/mol. The van der Waals surface area contributed by atoms with Gasteiger partial charge in [0.05, 0.1) is 16.5 Å². The number of benzene rings is 2. The molecular formula is C26H31F3N2O5S. The van der Waals surface area contributed by atoms with Crippen LogP contribution in [-0.2, 0) is 25.5 Å². The Hall–Kier alpha value is -2.63. The predicted octanol–water partition coefficient (Wildman–Crippen LogP) is 3.99. The number of nitrogens with one attached hydrogen (secondary N) is 1. The van der Waals surface area contributed by atoms with Gasteiger partial charge in [0, 0.05) is 32.6 Å². The number of alkyl halides is 3. The number of ether oxygens (including phenoxy) is 2. The third-order valence-electron chi connectivity index (χ3n) is 7.11. The SMILES string of the molecule is C[C@H](NC(=O)C1(N2CCC(Oc3cccc(C(F)(F)F)c3)C2)CCOCC1)c1ccc(S(C)(=O)=O)cc1. The van der Waals surface area contributed by atoms with Crippen molar-refractivity contribution in [1.29, 1.82) is 0 Å². The Kier molecular flexibility index (Phi) is 7.87. The Labute approximate surface area is 214 Å². The highest BCUT2D eigenvalue weighted by molar-refractivity contribution is 7.90. The average molecular weight is 541 g/mol. The average Bonchev–Trinajstić information content (AvgIpc) is 3.32. The Morgan fingerprint density at radius 2 is 1.84 bits per heavy atom. The van der Waals surface area contributed by atoms with E-state index < -0.39 is 27.1 Å². The molecule has 2 fully saturated rings. The van der Waals surface area contributed by atoms with Crippen LogP contribution in [0.25, 0.3) is 0 Å². The van der Waals surface area contributed by atoms with Gasteiger partial charge in [0.2, 0.25) is 5.91 Å². The molecule has 0 saturated carbocycles. The lowest BCUT2D eigenvalue weighted by molar-refractivity contribution is -0.141. The number of carbonyl (C=O) groups excluding carboxylic acids is 1. The molecule has 2 heterocycles. The van der Waals surface area contributed by atoms with E-state index in [9.17, 15) is 26.4 Å². The molecule has 2 atom stereocenters. The molecule has 202 valence electrons. The molecule has 1 amide bonds. The zero-order valence-electron chi connectivity index (χ0n) is 20.8. The Morgan fingerprint density at radius 3 is 2.46 bits per heavy atom. The van der Waals surface area contributed by atoms with E-state index in [2.05, 4.69) is 10.2 Å². The van der Waals surface area contributed by atoms with E-state index in [1.165, 1.54) is 24.3 Å². The first-order chi connectivity index (χ1) is 17.4. The summed E-state index contributed by atoms with van der Waals surface area (Å²) in [4.78, 5) is 15.9. The molecule has 2 aliphatic rings. The lowest BCUT2D eigenvalue weighted by atomic mass is 9.86. The molecule has 1 N–H and O–H groups in total. The number of rotatable bonds is 7. The Morgan fingerprint density at radius 1 is 1.16 bits per heavy atom. The maximum atomic E-state index is 13.7. The highest BCUT2D eigenvalue weighted by Gasteiger charge is 2.48. The first-order valence-electron chi connectivity index (χ1n) is 12.2. The van der Waals surface area contributed by atoms with Gasteiger partial charge in [-0.25, -0.2) is 8.42 Å². The summed E-state index contributed by atoms with van der Waals surface area (Å²) in [6.07, 6.45) is -2.12. The van der Waals surface area contributed by atoms with Crippen LogP contribution in [0, 0.1) is 0 Å². The van der Waals surface area contributed by atoms with Crippen molar-refractivity contribution >= 4 is 15.7 Å². The topological polar surface area (TPSA) is 84.9 Å². The third-order valence-corrected chi connectivity index (χ3v) is 8.24. The summed E-state index contributed by atoms with van der Waals surface area (Å²) in [7, 11) is -3.32. The lowest BCUT2D eigenvalue weighted by Crippen LogP contribution is -2.61. The fraction of sp³-hybridized carbons (Fsp3) is 0.500. The van der Waals surface area contributed by atoms with Crippen molar-refractivity contribution in [3.8, 4) is 5.75 Å². The molecular weight excluding hydrogens is 509 g/mol. The summed E-state index contributed by atoms with van der Waals surface area (Å²) in [6, 6.07) is 10.9. The zero-order valence-corrected chi connectivity index (χ0v) is 21.6. The summed E-state index contributed by atoms with van der Waals surface area (Å²) in [5.74, 6) is -0.00600. The fourth-order valence-electron chi connectivity index (χ4n) is 4.97. The van der Waals surface area contributed by atoms with Crippen LogP contribution in [0.2, 0.25) is 0 Å². The normalized spacial score (nSPS) is 21.4. The predicted molar refractivity (Wildman–Crippen MR) is 131 cm³/mol. The first-order valence-corrected chi connectivity index (χ1v) is 14.1. The second kappa shape index (κ2) is 10.6. The summed E-state index contributed by atoms with van der Waals surface area (Å²) in [5.41, 5.74) is -0.820. The molecule has 7 nitrogen and oxygen atoms in total. The molecule has 37 heavy (non-hydrogen) atoms. The van der Waals surface area contributed by atoms with Gasteiger partial charge in [-0.1, -0.05) is 18.2 Å². The van der Waals surface area contributed by atoms with Gasteiger partial charge >= 0.3 is 6.18 Å². The van der Waals surface area contributed by atoms with Crippen LogP contribution in [-0.4, -0.2) is 63.4 Å². The van der Waals surface area contributed by atoms with E-state index in [0.29, 0.717) is 45.6 Å². The highest BCUT2D eigenvalue weighted by atomic mass is 32.2. The van der Waals surface area contributed by atoms with Crippen LogP contribution in [0.1, 0.15) is 43.4 Å². The van der Waals surface area contributed by atoms with Gasteiger partial charge in [0.1, 0.15) is 17.4 Å². The van der Waals surface area contributed by atoms with Crippen LogP contribution in [0.15, 0.2) is 53.4 Å². The van der Waals surface area contributed by atoms with Gasteiger partial charge in [-0.3, -0.25) is 9.69 Å². The summed E-state index contributed by atoms with van der Waals surface area (Å²) >= 11 is 0. The van der Waals surface area contributed by atoms with Gasteiger partial charge in [0.15, 0.2) is 9.84 Å². The number of amides is 1. The number of hydrogen-bond donors (Lipinski definition) is 1. The molecule has 1 unspecified atom stereocenters. The van der Waals surface area contributed by atoms with E-state index in [0.717, 1.165) is 24.0 Å². The molecule has 4 rings (SSSR count). The Balaban J connectivity index is 1.45. The lowest BCUT2D eigenvalue weighted by Gasteiger charge is -2.43. The van der Waals surface area contributed by atoms with Crippen molar-refractivity contribution in [2.24, 2.45) is 0 Å². The van der Waals surface area contributed by atoms with Crippen LogP contribution in [0.4, 0.5) is 13.2 Å². The molecule has 0 aromatic heterocycles. The van der Waals surface area contributed by atoms with Gasteiger partial charge in [0.25, 0.3) is 0 Å². The van der Waals surface area contributed by atoms with Gasteiger partial charge in [-0.05, 0) is 62.1 Å². The summed E-state index contributed by atoms with van der Waals surface area (Å²) < 4.78 is 74.1. The number of hydrogen-bond acceptors (Lipinski definition) is 6. The highest BCUT2D eigenvalue weighted by Crippen LogP contribution is 2.35. The van der Waals surface area contributed by atoms with E-state index >= 15 is 0 Å². The zero-order chi connectivity index (χ0) is 26.8. The third kappa shape index (κ3) is 6.27. The first kappa shape index (κ1) is 27.4. The molecule has 2 aliphatic heterocycles. The van der Waals surface area contributed by atoms with Crippen molar-refractivity contribution < 1.29 is 35.9 Å². The van der Waals surface area contributed by atoms with Crippen LogP contribution < -0.4 is 10.1 Å². The fourth-order valence-corrected chi connectivity index (χ4v) is 5.60. The number of halogens is 3. The smallest absolute Gasteiger partial charge is 0.416 e. The minimum atomic E-state index is -4.45. The largest absolute Gasteiger partial charge is 0.489 e. The molecule has 0 radical (unpaired) electrons. The van der Waals surface area contributed by atoms with Crippen molar-refractivity contribution in [3.05, 3.63) is 59.7 Å². The van der Waals surface area contributed by atoms with Crippen molar-refractivity contribution in [1.82, 2.24) is 10.2 Å². The van der Waals surface area contributed by atoms with E-state index in [4.69, 9.17) is 9.47 Å². The van der Waals surface area contributed by atoms with E-state index in [-0.39, 0.29) is 28.7 Å². The standard InChI is InChI=1S/C26H31F3N2O5S/c1-18(19-6-8-23(9-7-19)37(2,33)34)30-24(32)25(11-14-35-15-12-25)31-13-10-22(17-31)36-21-5-3-4-20(16-21)26(27,28)29/h3-9,16,18,22H,10-15,17H2,1-2H3,(H,30,32)/t18-,22?/m0/s1. The Bertz CT molecular complexity index is 1210. The van der Waals surface area contributed by atoms with Crippen molar-refractivity contribution in [2.75, 3.05) is 32.6 Å². The van der Waals surface area contributed by atoms with Crippen LogP contribution in [0.3, 0.4) is 0 Å². The summed E-state index contributed by atoms with van der Waals surface area (Å²) in [5, 5.41) is 3.08. The number of nitrogens with zero attached hydrogens (tertiary/aromatic N) is 1. The number of sulfone groups is 1. The summed E-state index contributed by atoms with van der Waals surface area (Å²) in [6.45, 7) is 3.64. The van der Waals surface area contributed by atoms with E-state index in [1.54, 1.807) is 12.1 Å². The number of carbonyl (C=O) groups is 1. The molecule has 2 saturated heterocycles. The molecule has 0 bridgehead atoms. The van der Waals surface area contributed by atoms with Crippen LogP contribution >= 0.6 is 0 Å². The van der Waals surface area contributed by atoms with Gasteiger partial charge < -0.3 is 14.8 Å². The van der Waals surface area contributed by atoms with E-state index in [1.807, 2.05) is 6.92 Å². The second-order valence-electron chi connectivity index (χ2n) is 9.68. The molecule has 2 aromatic carbocycles. The molecule has 0 aliphatic carbocycles. The van der Waals surface area contributed by atoms with Crippen LogP contribution in [0.5, 0.6) is 5.75 Å². The van der Waals surface area contributed by atoms with Gasteiger partial charge in [-0.2, -0.15) is 13.2 Å². The minimum Gasteiger partial charge on any atom is -0.489 e. The maximum absolute atomic E-state index is 13.7. The van der Waals surface area contributed by atoms with Crippen molar-refractivity contribution in [3.63, 3.8) is 0 Å². The minimum absolute atomic E-state index is 0.151. The van der Waals surface area contributed by atoms with Crippen molar-refractivity contribution in [2.45, 2.75) is 54.9 Å². The quantitative estimate of drug-likeness (QED) is 0.572. The molecule has 0 spiro atoms. The van der Waals surface area contributed by atoms with Gasteiger partial charge in [-0.15, -0.1) is 0 Å². The second-order valence-corrected chi connectivity index (χ2v) is 11.7. The molecule has 2 aromatic rings. The molecule has 11 heteroatoms. The maximum Gasteiger partial charge on any atom is 0.416 e.